The SMILES string of the molecule is CC(=O)c1ccn(CCC(=O)NC(C)C)c1. The van der Waals surface area contributed by atoms with Gasteiger partial charge in [0.2, 0.25) is 5.91 Å². The van der Waals surface area contributed by atoms with E-state index in [9.17, 15) is 9.59 Å². The van der Waals surface area contributed by atoms with Gasteiger partial charge in [0, 0.05) is 37.0 Å². The first kappa shape index (κ1) is 12.5. The molecule has 1 heterocycles. The first-order valence-electron chi connectivity index (χ1n) is 5.45. The third-order valence-corrected chi connectivity index (χ3v) is 2.20. The van der Waals surface area contributed by atoms with E-state index in [-0.39, 0.29) is 17.7 Å². The number of carbonyl (C=O) groups excluding carboxylic acids is 2. The van der Waals surface area contributed by atoms with Crippen LogP contribution in [0.1, 0.15) is 37.6 Å². The summed E-state index contributed by atoms with van der Waals surface area (Å²) < 4.78 is 1.86. The molecule has 0 aromatic carbocycles. The van der Waals surface area contributed by atoms with Crippen molar-refractivity contribution in [2.45, 2.75) is 39.8 Å². The lowest BCUT2D eigenvalue weighted by Gasteiger charge is -2.08. The lowest BCUT2D eigenvalue weighted by molar-refractivity contribution is -0.121. The molecule has 1 aromatic rings. The highest BCUT2D eigenvalue weighted by molar-refractivity contribution is 5.93. The number of carbonyl (C=O) groups is 2. The number of amides is 1. The lowest BCUT2D eigenvalue weighted by atomic mass is 10.2. The molecule has 4 nitrogen and oxygen atoms in total. The summed E-state index contributed by atoms with van der Waals surface area (Å²) in [7, 11) is 0. The molecule has 0 aliphatic carbocycles. The van der Waals surface area contributed by atoms with Crippen LogP contribution < -0.4 is 5.32 Å². The van der Waals surface area contributed by atoms with Gasteiger partial charge in [-0.3, -0.25) is 9.59 Å². The summed E-state index contributed by atoms with van der Waals surface area (Å²) in [6, 6.07) is 1.94. The zero-order valence-electron chi connectivity index (χ0n) is 9.99. The van der Waals surface area contributed by atoms with Crippen LogP contribution in [0.15, 0.2) is 18.5 Å². The van der Waals surface area contributed by atoms with Gasteiger partial charge in [-0.05, 0) is 26.8 Å². The van der Waals surface area contributed by atoms with Crippen LogP contribution in [-0.4, -0.2) is 22.3 Å². The molecular weight excluding hydrogens is 204 g/mol. The molecule has 0 spiro atoms. The predicted octanol–water partition coefficient (Wildman–Crippen LogP) is 1.61. The van der Waals surface area contributed by atoms with E-state index in [2.05, 4.69) is 5.32 Å². The van der Waals surface area contributed by atoms with E-state index < -0.39 is 0 Å². The monoisotopic (exact) mass is 222 g/mol. The summed E-state index contributed by atoms with van der Waals surface area (Å²) in [5.74, 6) is 0.0819. The van der Waals surface area contributed by atoms with Crippen molar-refractivity contribution in [1.82, 2.24) is 9.88 Å². The van der Waals surface area contributed by atoms with Gasteiger partial charge in [-0.15, -0.1) is 0 Å². The largest absolute Gasteiger partial charge is 0.354 e. The lowest BCUT2D eigenvalue weighted by Crippen LogP contribution is -2.30. The maximum atomic E-state index is 11.4. The predicted molar refractivity (Wildman–Crippen MR) is 62.3 cm³/mol. The quantitative estimate of drug-likeness (QED) is 0.769. The van der Waals surface area contributed by atoms with Crippen LogP contribution in [-0.2, 0) is 11.3 Å². The fourth-order valence-electron chi connectivity index (χ4n) is 1.41. The second-order valence-corrected chi connectivity index (χ2v) is 4.17. The van der Waals surface area contributed by atoms with E-state index in [4.69, 9.17) is 0 Å². The summed E-state index contributed by atoms with van der Waals surface area (Å²) in [6.07, 6.45) is 4.02. The van der Waals surface area contributed by atoms with Crippen LogP contribution in [0.5, 0.6) is 0 Å². The molecule has 16 heavy (non-hydrogen) atoms. The second kappa shape index (κ2) is 5.49. The highest BCUT2D eigenvalue weighted by Crippen LogP contribution is 2.03. The summed E-state index contributed by atoms with van der Waals surface area (Å²) in [5.41, 5.74) is 0.685. The van der Waals surface area contributed by atoms with E-state index >= 15 is 0 Å². The van der Waals surface area contributed by atoms with E-state index in [1.807, 2.05) is 24.6 Å². The van der Waals surface area contributed by atoms with Crippen molar-refractivity contribution in [1.29, 1.82) is 0 Å². The Balaban J connectivity index is 2.42. The molecule has 1 N–H and O–H groups in total. The van der Waals surface area contributed by atoms with Crippen LogP contribution in [0.2, 0.25) is 0 Å². The van der Waals surface area contributed by atoms with E-state index in [0.29, 0.717) is 18.5 Å². The van der Waals surface area contributed by atoms with Gasteiger partial charge in [0.1, 0.15) is 0 Å². The molecule has 1 aromatic heterocycles. The normalized spacial score (nSPS) is 10.5. The third kappa shape index (κ3) is 3.88. The molecule has 0 radical (unpaired) electrons. The van der Waals surface area contributed by atoms with E-state index in [0.717, 1.165) is 0 Å². The van der Waals surface area contributed by atoms with Crippen LogP contribution >= 0.6 is 0 Å². The van der Waals surface area contributed by atoms with Crippen LogP contribution in [0, 0.1) is 0 Å². The second-order valence-electron chi connectivity index (χ2n) is 4.17. The van der Waals surface area contributed by atoms with Crippen LogP contribution in [0.4, 0.5) is 0 Å². The molecule has 0 unspecified atom stereocenters. The smallest absolute Gasteiger partial charge is 0.221 e. The average molecular weight is 222 g/mol. The molecule has 0 bridgehead atoms. The number of aromatic nitrogens is 1. The van der Waals surface area contributed by atoms with Crippen molar-refractivity contribution in [3.8, 4) is 0 Å². The number of hydrogen-bond acceptors (Lipinski definition) is 2. The molecule has 0 fully saturated rings. The van der Waals surface area contributed by atoms with E-state index in [1.165, 1.54) is 6.92 Å². The highest BCUT2D eigenvalue weighted by Gasteiger charge is 2.05. The molecule has 0 aliphatic heterocycles. The molecule has 0 saturated heterocycles. The Hall–Kier alpha value is -1.58. The molecule has 0 aliphatic rings. The van der Waals surface area contributed by atoms with Crippen molar-refractivity contribution >= 4 is 11.7 Å². The van der Waals surface area contributed by atoms with Gasteiger partial charge in [0.15, 0.2) is 5.78 Å². The zero-order valence-corrected chi connectivity index (χ0v) is 9.99. The van der Waals surface area contributed by atoms with Gasteiger partial charge in [0.25, 0.3) is 0 Å². The first-order valence-corrected chi connectivity index (χ1v) is 5.45. The Labute approximate surface area is 95.6 Å². The summed E-state index contributed by atoms with van der Waals surface area (Å²) in [6.45, 7) is 6.00. The maximum absolute atomic E-state index is 11.4. The Bertz CT molecular complexity index is 380. The van der Waals surface area contributed by atoms with Gasteiger partial charge in [0.05, 0.1) is 0 Å². The van der Waals surface area contributed by atoms with Crippen molar-refractivity contribution in [2.75, 3.05) is 0 Å². The molecule has 0 saturated carbocycles. The Kier molecular flexibility index (Phi) is 4.28. The molecule has 1 amide bonds. The Morgan fingerprint density at radius 1 is 1.44 bits per heavy atom. The average Bonchev–Trinajstić information content (AvgIpc) is 2.61. The number of rotatable bonds is 5. The standard InChI is InChI=1S/C12H18N2O2/c1-9(2)13-12(16)5-7-14-6-4-11(8-14)10(3)15/h4,6,8-9H,5,7H2,1-3H3,(H,13,16). The number of Topliss-reactive ketones (excluding diaryl/α,β-unsaturated/α-hetero) is 1. The Morgan fingerprint density at radius 3 is 2.62 bits per heavy atom. The van der Waals surface area contributed by atoms with Gasteiger partial charge in [-0.2, -0.15) is 0 Å². The minimum absolute atomic E-state index is 0.0353. The maximum Gasteiger partial charge on any atom is 0.221 e. The first-order chi connectivity index (χ1) is 7.49. The summed E-state index contributed by atoms with van der Waals surface area (Å²) in [5, 5.41) is 2.82. The number of aryl methyl sites for hydroxylation is 1. The van der Waals surface area contributed by atoms with Crippen molar-refractivity contribution in [3.63, 3.8) is 0 Å². The van der Waals surface area contributed by atoms with Crippen LogP contribution in [0.25, 0.3) is 0 Å². The number of nitrogens with one attached hydrogen (secondary N) is 1. The minimum Gasteiger partial charge on any atom is -0.354 e. The molecule has 88 valence electrons. The minimum atomic E-state index is 0.0353. The Morgan fingerprint density at radius 2 is 2.12 bits per heavy atom. The number of ketones is 1. The summed E-state index contributed by atoms with van der Waals surface area (Å²) >= 11 is 0. The van der Waals surface area contributed by atoms with Gasteiger partial charge in [-0.25, -0.2) is 0 Å². The summed E-state index contributed by atoms with van der Waals surface area (Å²) in [4.78, 5) is 22.4. The van der Waals surface area contributed by atoms with Crippen LogP contribution in [0.3, 0.4) is 0 Å². The van der Waals surface area contributed by atoms with Gasteiger partial charge >= 0.3 is 0 Å². The fraction of sp³-hybridized carbons (Fsp3) is 0.500. The van der Waals surface area contributed by atoms with Crippen molar-refractivity contribution in [2.24, 2.45) is 0 Å². The zero-order chi connectivity index (χ0) is 12.1. The van der Waals surface area contributed by atoms with Crippen molar-refractivity contribution in [3.05, 3.63) is 24.0 Å². The third-order valence-electron chi connectivity index (χ3n) is 2.20. The molecule has 4 heteroatoms. The highest BCUT2D eigenvalue weighted by atomic mass is 16.1. The molecular formula is C12H18N2O2. The number of nitrogens with zero attached hydrogens (tertiary/aromatic N) is 1. The topological polar surface area (TPSA) is 51.1 Å². The number of hydrogen-bond donors (Lipinski definition) is 1. The molecule has 0 atom stereocenters. The fourth-order valence-corrected chi connectivity index (χ4v) is 1.41. The molecule has 1 rings (SSSR count). The van der Waals surface area contributed by atoms with Gasteiger partial charge in [-0.1, -0.05) is 0 Å². The van der Waals surface area contributed by atoms with E-state index in [1.54, 1.807) is 12.3 Å². The van der Waals surface area contributed by atoms with Crippen molar-refractivity contribution < 1.29 is 9.59 Å². The van der Waals surface area contributed by atoms with Gasteiger partial charge < -0.3 is 9.88 Å².